The van der Waals surface area contributed by atoms with Crippen LogP contribution < -0.4 is 5.32 Å². The minimum absolute atomic E-state index is 0.0633. The Morgan fingerprint density at radius 2 is 1.95 bits per heavy atom. The van der Waals surface area contributed by atoms with Crippen LogP contribution in [0.25, 0.3) is 0 Å². The Labute approximate surface area is 116 Å². The Morgan fingerprint density at radius 1 is 1.21 bits per heavy atom. The fraction of sp³-hybridized carbons (Fsp3) is 0. The molecule has 0 spiro atoms. The molecule has 0 aliphatic heterocycles. The highest BCUT2D eigenvalue weighted by atomic mass is 35.5. The zero-order valence-electron chi connectivity index (χ0n) is 9.12. The number of carbonyl (C=O) groups excluding carboxylic acids is 1. The maximum Gasteiger partial charge on any atom is 0.259 e. The van der Waals surface area contributed by atoms with E-state index in [4.69, 9.17) is 23.2 Å². The monoisotopic (exact) mass is 303 g/mol. The Balaban J connectivity index is 2.31. The Kier molecular flexibility index (Phi) is 3.92. The van der Waals surface area contributed by atoms with Gasteiger partial charge in [0.25, 0.3) is 5.91 Å². The standard InChI is InChI=1S/C11H5Cl2F2N3O/c12-7-9(13)16-4-17-10(7)18-11(19)5-2-1-3-6(14)8(5)15/h1-4H,(H,16,17,18,19). The molecule has 0 aliphatic carbocycles. The lowest BCUT2D eigenvalue weighted by molar-refractivity contribution is 0.102. The van der Waals surface area contributed by atoms with Crippen LogP contribution in [-0.2, 0) is 0 Å². The molecule has 1 amide bonds. The molecular formula is C11H5Cl2F2N3O. The van der Waals surface area contributed by atoms with Crippen molar-refractivity contribution in [3.05, 3.63) is 51.9 Å². The molecule has 0 unspecified atom stereocenters. The summed E-state index contributed by atoms with van der Waals surface area (Å²) < 4.78 is 26.4. The summed E-state index contributed by atoms with van der Waals surface area (Å²) >= 11 is 11.4. The van der Waals surface area contributed by atoms with E-state index in [1.807, 2.05) is 0 Å². The Hall–Kier alpha value is -1.79. The van der Waals surface area contributed by atoms with Gasteiger partial charge in [0.15, 0.2) is 22.6 Å². The fourth-order valence-electron chi connectivity index (χ4n) is 1.29. The van der Waals surface area contributed by atoms with Crippen molar-refractivity contribution >= 4 is 34.9 Å². The molecule has 19 heavy (non-hydrogen) atoms. The van der Waals surface area contributed by atoms with Gasteiger partial charge in [-0.05, 0) is 12.1 Å². The molecule has 8 heteroatoms. The van der Waals surface area contributed by atoms with Gasteiger partial charge in [-0.2, -0.15) is 0 Å². The van der Waals surface area contributed by atoms with E-state index < -0.39 is 23.1 Å². The average molecular weight is 304 g/mol. The number of nitrogens with one attached hydrogen (secondary N) is 1. The van der Waals surface area contributed by atoms with Crippen molar-refractivity contribution in [3.8, 4) is 0 Å². The van der Waals surface area contributed by atoms with Gasteiger partial charge in [0, 0.05) is 0 Å². The number of benzene rings is 1. The summed E-state index contributed by atoms with van der Waals surface area (Å²) in [6, 6.07) is 3.24. The van der Waals surface area contributed by atoms with Gasteiger partial charge >= 0.3 is 0 Å². The highest BCUT2D eigenvalue weighted by Crippen LogP contribution is 2.26. The molecule has 0 atom stereocenters. The number of carbonyl (C=O) groups is 1. The first-order chi connectivity index (χ1) is 9.00. The molecule has 1 heterocycles. The first kappa shape index (κ1) is 13.6. The van der Waals surface area contributed by atoms with Crippen LogP contribution in [0.3, 0.4) is 0 Å². The van der Waals surface area contributed by atoms with Gasteiger partial charge in [0.05, 0.1) is 5.56 Å². The molecule has 1 N–H and O–H groups in total. The lowest BCUT2D eigenvalue weighted by Crippen LogP contribution is -2.16. The number of aromatic nitrogens is 2. The van der Waals surface area contributed by atoms with Crippen molar-refractivity contribution < 1.29 is 13.6 Å². The van der Waals surface area contributed by atoms with Gasteiger partial charge < -0.3 is 5.32 Å². The molecule has 0 saturated heterocycles. The van der Waals surface area contributed by atoms with Crippen LogP contribution in [0.4, 0.5) is 14.6 Å². The van der Waals surface area contributed by atoms with Crippen LogP contribution in [0.2, 0.25) is 10.2 Å². The van der Waals surface area contributed by atoms with Crippen molar-refractivity contribution in [1.82, 2.24) is 9.97 Å². The van der Waals surface area contributed by atoms with E-state index >= 15 is 0 Å². The van der Waals surface area contributed by atoms with Crippen LogP contribution in [0.5, 0.6) is 0 Å². The molecule has 4 nitrogen and oxygen atoms in total. The summed E-state index contributed by atoms with van der Waals surface area (Å²) in [4.78, 5) is 19.0. The minimum atomic E-state index is -1.25. The van der Waals surface area contributed by atoms with Crippen molar-refractivity contribution in [2.75, 3.05) is 5.32 Å². The van der Waals surface area contributed by atoms with E-state index in [2.05, 4.69) is 15.3 Å². The van der Waals surface area contributed by atoms with Crippen LogP contribution in [0, 0.1) is 11.6 Å². The van der Waals surface area contributed by atoms with E-state index in [9.17, 15) is 13.6 Å². The van der Waals surface area contributed by atoms with Gasteiger partial charge in [0.1, 0.15) is 11.3 Å². The number of hydrogen-bond acceptors (Lipinski definition) is 3. The fourth-order valence-corrected chi connectivity index (χ4v) is 1.57. The van der Waals surface area contributed by atoms with E-state index in [1.165, 1.54) is 6.07 Å². The quantitative estimate of drug-likeness (QED) is 0.866. The summed E-state index contributed by atoms with van der Waals surface area (Å²) in [6.45, 7) is 0. The van der Waals surface area contributed by atoms with Crippen molar-refractivity contribution in [1.29, 1.82) is 0 Å². The maximum absolute atomic E-state index is 13.4. The van der Waals surface area contributed by atoms with E-state index in [1.54, 1.807) is 0 Å². The molecule has 1 aromatic heterocycles. The minimum Gasteiger partial charge on any atom is -0.305 e. The molecular weight excluding hydrogens is 299 g/mol. The molecule has 0 saturated carbocycles. The summed E-state index contributed by atoms with van der Waals surface area (Å²) in [7, 11) is 0. The lowest BCUT2D eigenvalue weighted by Gasteiger charge is -2.07. The lowest BCUT2D eigenvalue weighted by atomic mass is 10.2. The Morgan fingerprint density at radius 3 is 2.68 bits per heavy atom. The molecule has 98 valence electrons. The molecule has 0 radical (unpaired) electrons. The summed E-state index contributed by atoms with van der Waals surface area (Å²) in [5.74, 6) is -3.36. The highest BCUT2D eigenvalue weighted by molar-refractivity contribution is 6.43. The van der Waals surface area contributed by atoms with Crippen molar-refractivity contribution in [3.63, 3.8) is 0 Å². The maximum atomic E-state index is 13.4. The number of nitrogens with zero attached hydrogens (tertiary/aromatic N) is 2. The number of hydrogen-bond donors (Lipinski definition) is 1. The van der Waals surface area contributed by atoms with Gasteiger partial charge in [-0.1, -0.05) is 29.3 Å². The van der Waals surface area contributed by atoms with Crippen LogP contribution >= 0.6 is 23.2 Å². The second-order valence-electron chi connectivity index (χ2n) is 3.38. The predicted molar refractivity (Wildman–Crippen MR) is 66.4 cm³/mol. The predicted octanol–water partition coefficient (Wildman–Crippen LogP) is 3.31. The largest absolute Gasteiger partial charge is 0.305 e. The zero-order valence-corrected chi connectivity index (χ0v) is 10.6. The molecule has 0 aliphatic rings. The number of halogens is 4. The van der Waals surface area contributed by atoms with Gasteiger partial charge in [-0.25, -0.2) is 18.7 Å². The molecule has 1 aromatic carbocycles. The third kappa shape index (κ3) is 2.80. The van der Waals surface area contributed by atoms with Crippen LogP contribution in [0.1, 0.15) is 10.4 Å². The van der Waals surface area contributed by atoms with Gasteiger partial charge in [-0.15, -0.1) is 0 Å². The highest BCUT2D eigenvalue weighted by Gasteiger charge is 2.17. The third-order valence-electron chi connectivity index (χ3n) is 2.18. The molecule has 0 bridgehead atoms. The second-order valence-corrected chi connectivity index (χ2v) is 4.12. The van der Waals surface area contributed by atoms with Gasteiger partial charge in [0.2, 0.25) is 0 Å². The smallest absolute Gasteiger partial charge is 0.259 e. The number of anilines is 1. The van der Waals surface area contributed by atoms with E-state index in [0.717, 1.165) is 18.5 Å². The first-order valence-corrected chi connectivity index (χ1v) is 5.67. The summed E-state index contributed by atoms with van der Waals surface area (Å²) in [5.41, 5.74) is -0.467. The molecule has 0 fully saturated rings. The SMILES string of the molecule is O=C(Nc1ncnc(Cl)c1Cl)c1cccc(F)c1F. The summed E-state index contributed by atoms with van der Waals surface area (Å²) in [5, 5.41) is 2.07. The average Bonchev–Trinajstić information content (AvgIpc) is 2.38. The van der Waals surface area contributed by atoms with Crippen LogP contribution in [-0.4, -0.2) is 15.9 Å². The normalized spacial score (nSPS) is 10.3. The number of amides is 1. The first-order valence-electron chi connectivity index (χ1n) is 4.92. The number of rotatable bonds is 2. The van der Waals surface area contributed by atoms with Gasteiger partial charge in [-0.3, -0.25) is 4.79 Å². The van der Waals surface area contributed by atoms with Crippen molar-refractivity contribution in [2.45, 2.75) is 0 Å². The zero-order chi connectivity index (χ0) is 14.0. The molecule has 2 aromatic rings. The van der Waals surface area contributed by atoms with Crippen LogP contribution in [0.15, 0.2) is 24.5 Å². The van der Waals surface area contributed by atoms with Crippen molar-refractivity contribution in [2.24, 2.45) is 0 Å². The van der Waals surface area contributed by atoms with E-state index in [0.29, 0.717) is 0 Å². The second kappa shape index (κ2) is 5.46. The third-order valence-corrected chi connectivity index (χ3v) is 2.92. The Bertz CT molecular complexity index is 652. The van der Waals surface area contributed by atoms with E-state index in [-0.39, 0.29) is 16.0 Å². The topological polar surface area (TPSA) is 54.9 Å². The summed E-state index contributed by atoms with van der Waals surface area (Å²) in [6.07, 6.45) is 1.08. The molecule has 2 rings (SSSR count).